The van der Waals surface area contributed by atoms with Crippen LogP contribution in [-0.2, 0) is 0 Å². The molecule has 0 heterocycles. The number of hydrogen-bond donors (Lipinski definition) is 1. The Morgan fingerprint density at radius 3 is 2.50 bits per heavy atom. The largest absolute Gasteiger partial charge is 0.393 e. The van der Waals surface area contributed by atoms with E-state index in [0.717, 1.165) is 36.0 Å². The molecule has 1 heteroatoms. The Morgan fingerprint density at radius 1 is 1.00 bits per heavy atom. The fourth-order valence-electron chi connectivity index (χ4n) is 6.43. The van der Waals surface area contributed by atoms with Crippen molar-refractivity contribution in [2.75, 3.05) is 0 Å². The van der Waals surface area contributed by atoms with Crippen LogP contribution in [0.1, 0.15) is 46.0 Å². The molecule has 7 atom stereocenters. The van der Waals surface area contributed by atoms with Crippen LogP contribution in [0.2, 0.25) is 0 Å². The normalized spacial score (nSPS) is 62.2. The van der Waals surface area contributed by atoms with Crippen molar-refractivity contribution < 1.29 is 5.11 Å². The molecule has 0 aromatic rings. The summed E-state index contributed by atoms with van der Waals surface area (Å²) < 4.78 is 0. The highest BCUT2D eigenvalue weighted by molar-refractivity contribution is 5.19. The van der Waals surface area contributed by atoms with Gasteiger partial charge in [0.25, 0.3) is 0 Å². The van der Waals surface area contributed by atoms with Crippen LogP contribution >= 0.6 is 0 Å². The fraction of sp³-hybridized carbons (Fsp3) is 1.00. The zero-order valence-electron chi connectivity index (χ0n) is 10.5. The minimum absolute atomic E-state index is 0.0674. The molecule has 2 bridgehead atoms. The number of aliphatic hydroxyl groups excluding tert-OH is 1. The van der Waals surface area contributed by atoms with Gasteiger partial charge >= 0.3 is 0 Å². The molecule has 4 rings (SSSR count). The predicted molar refractivity (Wildman–Crippen MR) is 63.8 cm³/mol. The lowest BCUT2D eigenvalue weighted by molar-refractivity contribution is -0.143. The highest BCUT2D eigenvalue weighted by atomic mass is 16.3. The summed E-state index contributed by atoms with van der Waals surface area (Å²) in [6.45, 7) is 4.83. The summed E-state index contributed by atoms with van der Waals surface area (Å²) in [5.41, 5.74) is 0.632. The average molecular weight is 220 g/mol. The first-order valence-electron chi connectivity index (χ1n) is 7.30. The molecule has 4 saturated carbocycles. The maximum absolute atomic E-state index is 10.1. The van der Waals surface area contributed by atoms with Gasteiger partial charge in [-0.15, -0.1) is 0 Å². The summed E-state index contributed by atoms with van der Waals surface area (Å²) in [4.78, 5) is 0. The van der Waals surface area contributed by atoms with Crippen LogP contribution in [0.4, 0.5) is 0 Å². The van der Waals surface area contributed by atoms with Gasteiger partial charge in [0.1, 0.15) is 0 Å². The molecule has 90 valence electrons. The van der Waals surface area contributed by atoms with E-state index in [1.54, 1.807) is 0 Å². The van der Waals surface area contributed by atoms with Crippen LogP contribution in [0.5, 0.6) is 0 Å². The second kappa shape index (κ2) is 2.85. The average Bonchev–Trinajstić information content (AvgIpc) is 2.67. The number of rotatable bonds is 1. The molecule has 1 spiro atoms. The summed E-state index contributed by atoms with van der Waals surface area (Å²) in [6, 6.07) is 0. The third kappa shape index (κ3) is 0.939. The van der Waals surface area contributed by atoms with Crippen molar-refractivity contribution in [2.45, 2.75) is 52.1 Å². The van der Waals surface area contributed by atoms with Gasteiger partial charge in [-0.05, 0) is 73.0 Å². The standard InChI is InChI=1S/C15H24O/c1-8(2)9-3-4-10-11-5-15(7-13(11)16)6-12(9)14(10)15/h8-14,16H,3-7H2,1-2H3. The van der Waals surface area contributed by atoms with E-state index < -0.39 is 0 Å². The summed E-state index contributed by atoms with van der Waals surface area (Å²) in [6.07, 6.45) is 6.93. The first kappa shape index (κ1) is 9.94. The van der Waals surface area contributed by atoms with Crippen molar-refractivity contribution in [1.82, 2.24) is 0 Å². The van der Waals surface area contributed by atoms with Gasteiger partial charge in [-0.1, -0.05) is 13.8 Å². The molecule has 1 nitrogen and oxygen atoms in total. The second-order valence-corrected chi connectivity index (χ2v) is 7.54. The number of fused-ring (bicyclic) bond motifs is 2. The fourth-order valence-corrected chi connectivity index (χ4v) is 6.43. The van der Waals surface area contributed by atoms with Crippen molar-refractivity contribution >= 4 is 0 Å². The lowest BCUT2D eigenvalue weighted by atomic mass is 9.44. The van der Waals surface area contributed by atoms with Crippen LogP contribution < -0.4 is 0 Å². The van der Waals surface area contributed by atoms with Gasteiger partial charge in [0.2, 0.25) is 0 Å². The topological polar surface area (TPSA) is 20.2 Å². The van der Waals surface area contributed by atoms with Crippen LogP contribution in [0.15, 0.2) is 0 Å². The summed E-state index contributed by atoms with van der Waals surface area (Å²) >= 11 is 0. The molecule has 0 amide bonds. The molecule has 7 unspecified atom stereocenters. The van der Waals surface area contributed by atoms with Crippen molar-refractivity contribution in [3.63, 3.8) is 0 Å². The molecule has 0 aliphatic heterocycles. The van der Waals surface area contributed by atoms with Crippen LogP contribution in [0, 0.1) is 40.9 Å². The Kier molecular flexibility index (Phi) is 1.77. The van der Waals surface area contributed by atoms with E-state index in [1.165, 1.54) is 25.7 Å². The Balaban J connectivity index is 1.65. The van der Waals surface area contributed by atoms with Crippen LogP contribution in [0.3, 0.4) is 0 Å². The molecule has 0 aromatic carbocycles. The molecular formula is C15H24O. The molecule has 1 N–H and O–H groups in total. The summed E-state index contributed by atoms with van der Waals surface area (Å²) in [5.74, 6) is 5.56. The Morgan fingerprint density at radius 2 is 1.75 bits per heavy atom. The smallest absolute Gasteiger partial charge is 0.0576 e. The van der Waals surface area contributed by atoms with E-state index >= 15 is 0 Å². The van der Waals surface area contributed by atoms with E-state index in [1.807, 2.05) is 0 Å². The molecule has 0 saturated heterocycles. The SMILES string of the molecule is CC(C)C1CCC2C3CC4(CC3O)CC1C24. The van der Waals surface area contributed by atoms with E-state index in [2.05, 4.69) is 13.8 Å². The minimum atomic E-state index is 0.0674. The van der Waals surface area contributed by atoms with Gasteiger partial charge in [-0.25, -0.2) is 0 Å². The lowest BCUT2D eigenvalue weighted by Crippen LogP contribution is -2.56. The third-order valence-corrected chi connectivity index (χ3v) is 6.81. The van der Waals surface area contributed by atoms with Crippen molar-refractivity contribution in [1.29, 1.82) is 0 Å². The van der Waals surface area contributed by atoms with Gasteiger partial charge in [0.15, 0.2) is 0 Å². The molecule has 4 aliphatic rings. The van der Waals surface area contributed by atoms with Crippen LogP contribution in [-0.4, -0.2) is 11.2 Å². The van der Waals surface area contributed by atoms with E-state index in [4.69, 9.17) is 0 Å². The van der Waals surface area contributed by atoms with Crippen molar-refractivity contribution in [3.8, 4) is 0 Å². The quantitative estimate of drug-likeness (QED) is 0.720. The number of aliphatic hydroxyl groups is 1. The Bertz CT molecular complexity index is 323. The molecule has 0 aromatic heterocycles. The second-order valence-electron chi connectivity index (χ2n) is 7.54. The monoisotopic (exact) mass is 220 g/mol. The molecular weight excluding hydrogens is 196 g/mol. The Labute approximate surface area is 98.6 Å². The Hall–Kier alpha value is -0.0400. The molecule has 4 aliphatic carbocycles. The van der Waals surface area contributed by atoms with Gasteiger partial charge < -0.3 is 5.11 Å². The maximum atomic E-state index is 10.1. The number of hydrogen-bond acceptors (Lipinski definition) is 1. The molecule has 0 radical (unpaired) electrons. The molecule has 4 fully saturated rings. The maximum Gasteiger partial charge on any atom is 0.0576 e. The first-order chi connectivity index (χ1) is 7.62. The van der Waals surface area contributed by atoms with Gasteiger partial charge in [0, 0.05) is 0 Å². The van der Waals surface area contributed by atoms with Gasteiger partial charge in [0.05, 0.1) is 6.10 Å². The van der Waals surface area contributed by atoms with E-state index in [-0.39, 0.29) is 6.10 Å². The zero-order chi connectivity index (χ0) is 11.1. The van der Waals surface area contributed by atoms with Crippen molar-refractivity contribution in [3.05, 3.63) is 0 Å². The summed E-state index contributed by atoms with van der Waals surface area (Å²) in [7, 11) is 0. The predicted octanol–water partition coefficient (Wildman–Crippen LogP) is 3.08. The third-order valence-electron chi connectivity index (χ3n) is 6.81. The van der Waals surface area contributed by atoms with Gasteiger partial charge in [-0.3, -0.25) is 0 Å². The highest BCUT2D eigenvalue weighted by Crippen LogP contribution is 2.76. The zero-order valence-corrected chi connectivity index (χ0v) is 10.5. The lowest BCUT2D eigenvalue weighted by Gasteiger charge is -2.61. The van der Waals surface area contributed by atoms with Crippen LogP contribution in [0.25, 0.3) is 0 Å². The van der Waals surface area contributed by atoms with E-state index in [0.29, 0.717) is 11.3 Å². The minimum Gasteiger partial charge on any atom is -0.393 e. The highest BCUT2D eigenvalue weighted by Gasteiger charge is 2.71. The van der Waals surface area contributed by atoms with E-state index in [9.17, 15) is 5.11 Å². The molecule has 16 heavy (non-hydrogen) atoms. The first-order valence-corrected chi connectivity index (χ1v) is 7.30. The van der Waals surface area contributed by atoms with Crippen molar-refractivity contribution in [2.24, 2.45) is 40.9 Å². The summed E-state index contributed by atoms with van der Waals surface area (Å²) in [5, 5.41) is 10.1. The van der Waals surface area contributed by atoms with Gasteiger partial charge in [-0.2, -0.15) is 0 Å².